The lowest BCUT2D eigenvalue weighted by atomic mass is 10.1. The molecular weight excluding hydrogens is 268 g/mol. The van der Waals surface area contributed by atoms with Gasteiger partial charge in [-0.15, -0.1) is 0 Å². The third-order valence-electron chi connectivity index (χ3n) is 3.78. The summed E-state index contributed by atoms with van der Waals surface area (Å²) in [5, 5.41) is 2.94. The van der Waals surface area contributed by atoms with Gasteiger partial charge in [0.2, 0.25) is 5.91 Å². The summed E-state index contributed by atoms with van der Waals surface area (Å²) in [6.45, 7) is 6.33. The molecule has 1 atom stereocenters. The second-order valence-corrected chi connectivity index (χ2v) is 5.33. The quantitative estimate of drug-likeness (QED) is 0.798. The van der Waals surface area contributed by atoms with Crippen LogP contribution in [0, 0.1) is 0 Å². The Labute approximate surface area is 125 Å². The second-order valence-electron chi connectivity index (χ2n) is 5.33. The molecule has 6 nitrogen and oxygen atoms in total. The minimum absolute atomic E-state index is 0.110. The summed E-state index contributed by atoms with van der Waals surface area (Å²) in [6, 6.07) is 0.430. The largest absolute Gasteiger partial charge is 0.379 e. The molecule has 0 aromatic carbocycles. The molecule has 1 aromatic rings. The van der Waals surface area contributed by atoms with Gasteiger partial charge in [-0.1, -0.05) is 0 Å². The van der Waals surface area contributed by atoms with Gasteiger partial charge in [-0.05, 0) is 13.3 Å². The maximum absolute atomic E-state index is 11.8. The summed E-state index contributed by atoms with van der Waals surface area (Å²) in [6.07, 6.45) is 7.22. The molecule has 1 saturated heterocycles. The zero-order valence-electron chi connectivity index (χ0n) is 12.6. The number of carbonyl (C=O) groups is 1. The van der Waals surface area contributed by atoms with Crippen molar-refractivity contribution in [3.05, 3.63) is 24.3 Å². The zero-order valence-corrected chi connectivity index (χ0v) is 12.6. The van der Waals surface area contributed by atoms with Crippen LogP contribution in [0.15, 0.2) is 18.6 Å². The minimum Gasteiger partial charge on any atom is -0.379 e. The van der Waals surface area contributed by atoms with Crippen molar-refractivity contribution in [3.8, 4) is 0 Å². The molecule has 0 spiro atoms. The van der Waals surface area contributed by atoms with E-state index in [1.807, 2.05) is 0 Å². The van der Waals surface area contributed by atoms with Crippen LogP contribution in [0.1, 0.15) is 25.5 Å². The molecule has 116 valence electrons. The van der Waals surface area contributed by atoms with Crippen molar-refractivity contribution in [1.29, 1.82) is 0 Å². The first-order chi connectivity index (χ1) is 10.3. The molecule has 0 unspecified atom stereocenters. The van der Waals surface area contributed by atoms with E-state index in [9.17, 15) is 4.79 Å². The van der Waals surface area contributed by atoms with Crippen molar-refractivity contribution < 1.29 is 9.53 Å². The number of hydrogen-bond acceptors (Lipinski definition) is 5. The third kappa shape index (κ3) is 5.77. The summed E-state index contributed by atoms with van der Waals surface area (Å²) in [5.74, 6) is 0.110. The Kier molecular flexibility index (Phi) is 6.56. The maximum Gasteiger partial charge on any atom is 0.220 e. The first-order valence-corrected chi connectivity index (χ1v) is 7.59. The number of nitrogens with one attached hydrogen (secondary N) is 1. The fourth-order valence-corrected chi connectivity index (χ4v) is 2.42. The molecule has 1 aromatic heterocycles. The molecule has 1 aliphatic heterocycles. The first kappa shape index (κ1) is 15.9. The van der Waals surface area contributed by atoms with Crippen LogP contribution < -0.4 is 5.32 Å². The number of rotatable bonds is 7. The first-order valence-electron chi connectivity index (χ1n) is 7.59. The normalized spacial score (nSPS) is 17.4. The zero-order chi connectivity index (χ0) is 14.9. The van der Waals surface area contributed by atoms with Gasteiger partial charge in [0.25, 0.3) is 0 Å². The van der Waals surface area contributed by atoms with Crippen molar-refractivity contribution >= 4 is 5.91 Å². The summed E-state index contributed by atoms with van der Waals surface area (Å²) in [7, 11) is 0. The molecule has 21 heavy (non-hydrogen) atoms. The van der Waals surface area contributed by atoms with E-state index in [0.717, 1.165) is 44.8 Å². The van der Waals surface area contributed by atoms with Crippen molar-refractivity contribution in [1.82, 2.24) is 20.2 Å². The van der Waals surface area contributed by atoms with Gasteiger partial charge >= 0.3 is 0 Å². The summed E-state index contributed by atoms with van der Waals surface area (Å²) in [4.78, 5) is 22.4. The Morgan fingerprint density at radius 3 is 2.95 bits per heavy atom. The predicted molar refractivity (Wildman–Crippen MR) is 79.8 cm³/mol. The lowest BCUT2D eigenvalue weighted by Gasteiger charge is -2.32. The number of amides is 1. The molecule has 0 saturated carbocycles. The Balaban J connectivity index is 1.58. The topological polar surface area (TPSA) is 67.4 Å². The van der Waals surface area contributed by atoms with E-state index in [1.54, 1.807) is 18.6 Å². The van der Waals surface area contributed by atoms with Crippen LogP contribution in [0.3, 0.4) is 0 Å². The van der Waals surface area contributed by atoms with Gasteiger partial charge in [-0.25, -0.2) is 0 Å². The Bertz CT molecular complexity index is 421. The van der Waals surface area contributed by atoms with Gasteiger partial charge in [0.1, 0.15) is 0 Å². The van der Waals surface area contributed by atoms with Crippen LogP contribution in [-0.2, 0) is 16.0 Å². The Morgan fingerprint density at radius 1 is 1.43 bits per heavy atom. The molecule has 1 amide bonds. The summed E-state index contributed by atoms with van der Waals surface area (Å²) in [5.41, 5.74) is 0.902. The van der Waals surface area contributed by atoms with Gasteiger partial charge in [-0.2, -0.15) is 0 Å². The van der Waals surface area contributed by atoms with Crippen LogP contribution >= 0.6 is 0 Å². The molecule has 0 aliphatic carbocycles. The van der Waals surface area contributed by atoms with Crippen LogP contribution in [0.5, 0.6) is 0 Å². The molecule has 2 rings (SSSR count). The third-order valence-corrected chi connectivity index (χ3v) is 3.78. The van der Waals surface area contributed by atoms with Gasteiger partial charge in [-0.3, -0.25) is 19.7 Å². The van der Waals surface area contributed by atoms with Crippen molar-refractivity contribution in [2.75, 3.05) is 32.8 Å². The average Bonchev–Trinajstić information content (AvgIpc) is 2.54. The highest BCUT2D eigenvalue weighted by Crippen LogP contribution is 2.09. The predicted octanol–water partition coefficient (Wildman–Crippen LogP) is 0.636. The lowest BCUT2D eigenvalue weighted by molar-refractivity contribution is -0.121. The Morgan fingerprint density at radius 2 is 2.24 bits per heavy atom. The van der Waals surface area contributed by atoms with E-state index in [0.29, 0.717) is 19.0 Å². The van der Waals surface area contributed by atoms with Gasteiger partial charge in [0.05, 0.1) is 18.9 Å². The van der Waals surface area contributed by atoms with Crippen molar-refractivity contribution in [2.45, 2.75) is 32.2 Å². The number of nitrogens with zero attached hydrogens (tertiary/aromatic N) is 3. The molecule has 1 N–H and O–H groups in total. The molecule has 2 heterocycles. The highest BCUT2D eigenvalue weighted by atomic mass is 16.5. The van der Waals surface area contributed by atoms with Crippen LogP contribution in [0.4, 0.5) is 0 Å². The number of carbonyl (C=O) groups excluding carboxylic acids is 1. The van der Waals surface area contributed by atoms with Gasteiger partial charge in [0, 0.05) is 57.1 Å². The number of morpholine rings is 1. The van der Waals surface area contributed by atoms with E-state index in [1.165, 1.54) is 0 Å². The Hall–Kier alpha value is -1.53. The molecule has 0 bridgehead atoms. The fourth-order valence-electron chi connectivity index (χ4n) is 2.42. The van der Waals surface area contributed by atoms with E-state index in [4.69, 9.17) is 4.74 Å². The maximum atomic E-state index is 11.8. The highest BCUT2D eigenvalue weighted by Gasteiger charge is 2.17. The van der Waals surface area contributed by atoms with E-state index < -0.39 is 0 Å². The molecule has 6 heteroatoms. The number of hydrogen-bond donors (Lipinski definition) is 1. The van der Waals surface area contributed by atoms with Gasteiger partial charge in [0.15, 0.2) is 0 Å². The van der Waals surface area contributed by atoms with Crippen LogP contribution in [0.2, 0.25) is 0 Å². The highest BCUT2D eigenvalue weighted by molar-refractivity contribution is 5.75. The van der Waals surface area contributed by atoms with Crippen LogP contribution in [0.25, 0.3) is 0 Å². The molecule has 1 aliphatic rings. The van der Waals surface area contributed by atoms with Crippen LogP contribution in [-0.4, -0.2) is 59.7 Å². The molecular formula is C15H24N4O2. The van der Waals surface area contributed by atoms with Crippen molar-refractivity contribution in [3.63, 3.8) is 0 Å². The van der Waals surface area contributed by atoms with Gasteiger partial charge < -0.3 is 10.1 Å². The van der Waals surface area contributed by atoms with Crippen molar-refractivity contribution in [2.24, 2.45) is 0 Å². The summed E-state index contributed by atoms with van der Waals surface area (Å²) < 4.78 is 5.34. The lowest BCUT2D eigenvalue weighted by Crippen LogP contribution is -2.42. The number of aromatic nitrogens is 2. The minimum atomic E-state index is 0.110. The molecule has 1 fully saturated rings. The van der Waals surface area contributed by atoms with E-state index in [2.05, 4.69) is 27.1 Å². The monoisotopic (exact) mass is 292 g/mol. The van der Waals surface area contributed by atoms with E-state index in [-0.39, 0.29) is 5.91 Å². The fraction of sp³-hybridized carbons (Fsp3) is 0.667. The smallest absolute Gasteiger partial charge is 0.220 e. The second kappa shape index (κ2) is 8.69. The summed E-state index contributed by atoms with van der Waals surface area (Å²) >= 11 is 0. The average molecular weight is 292 g/mol. The molecule has 0 radical (unpaired) electrons. The SMILES string of the molecule is C[C@H](CCC(=O)NCCc1cnccn1)N1CCOCC1. The van der Waals surface area contributed by atoms with E-state index >= 15 is 0 Å². The standard InChI is InChI=1S/C15H24N4O2/c1-13(19-8-10-21-11-9-19)2-3-15(20)18-5-4-14-12-16-6-7-17-14/h6-7,12-13H,2-5,8-11H2,1H3,(H,18,20)/t13-/m1/s1. The number of ether oxygens (including phenoxy) is 1.